The van der Waals surface area contributed by atoms with E-state index in [1.807, 2.05) is 24.4 Å². The first-order valence-corrected chi connectivity index (χ1v) is 6.82. The van der Waals surface area contributed by atoms with Crippen LogP contribution in [0.2, 0.25) is 0 Å². The zero-order valence-corrected chi connectivity index (χ0v) is 11.9. The molecule has 0 spiro atoms. The Kier molecular flexibility index (Phi) is 6.24. The molecule has 102 valence electrons. The molecule has 1 N–H and O–H groups in total. The fourth-order valence-electron chi connectivity index (χ4n) is 1.62. The molecule has 6 heteroatoms. The molecular weight excluding hydrogens is 252 g/mol. The van der Waals surface area contributed by atoms with E-state index in [1.165, 1.54) is 4.88 Å². The van der Waals surface area contributed by atoms with Gasteiger partial charge in [0.15, 0.2) is 0 Å². The minimum Gasteiger partial charge on any atom is -0.466 e. The molecule has 1 unspecified atom stereocenters. The van der Waals surface area contributed by atoms with Gasteiger partial charge < -0.3 is 9.84 Å². The summed E-state index contributed by atoms with van der Waals surface area (Å²) in [5, 5.41) is 9.76. The maximum atomic E-state index is 11.2. The highest BCUT2D eigenvalue weighted by molar-refractivity contribution is 7.09. The van der Waals surface area contributed by atoms with Crippen molar-refractivity contribution in [1.29, 1.82) is 0 Å². The number of hydrogen-bond acceptors (Lipinski definition) is 6. The van der Waals surface area contributed by atoms with Crippen molar-refractivity contribution >= 4 is 17.3 Å². The van der Waals surface area contributed by atoms with Crippen molar-refractivity contribution < 1.29 is 14.6 Å². The van der Waals surface area contributed by atoms with Gasteiger partial charge in [0, 0.05) is 18.0 Å². The molecule has 0 aromatic carbocycles. The molecule has 1 aromatic rings. The van der Waals surface area contributed by atoms with Gasteiger partial charge in [0.25, 0.3) is 0 Å². The fraction of sp³-hybridized carbons (Fsp3) is 0.667. The fourth-order valence-corrected chi connectivity index (χ4v) is 2.48. The summed E-state index contributed by atoms with van der Waals surface area (Å²) in [5.74, 6) is -0.354. The molecule has 1 heterocycles. The number of likely N-dealkylation sites (N-methyl/N-ethyl adjacent to an activating group) is 1. The standard InChI is InChI=1S/C12H20N2O3S/c1-4-17-12(16)5-10(15)6-14(3)7-11-9(2)13-8-18-11/h8,10,15H,4-7H2,1-3H3. The van der Waals surface area contributed by atoms with Gasteiger partial charge in [-0.3, -0.25) is 9.69 Å². The number of esters is 1. The SMILES string of the molecule is CCOC(=O)CC(O)CN(C)Cc1scnc1C. The first-order chi connectivity index (χ1) is 8.52. The van der Waals surface area contributed by atoms with Crippen LogP contribution in [0.4, 0.5) is 0 Å². The normalized spacial score (nSPS) is 12.7. The number of hydrogen-bond donors (Lipinski definition) is 1. The summed E-state index contributed by atoms with van der Waals surface area (Å²) in [6.45, 7) is 5.24. The number of rotatable bonds is 7. The van der Waals surface area contributed by atoms with Crippen LogP contribution in [0.25, 0.3) is 0 Å². The Morgan fingerprint density at radius 2 is 2.39 bits per heavy atom. The molecule has 0 aliphatic carbocycles. The highest BCUT2D eigenvalue weighted by Gasteiger charge is 2.15. The van der Waals surface area contributed by atoms with E-state index < -0.39 is 6.10 Å². The average molecular weight is 272 g/mol. The molecule has 0 saturated carbocycles. The summed E-state index contributed by atoms with van der Waals surface area (Å²) in [4.78, 5) is 18.5. The van der Waals surface area contributed by atoms with Gasteiger partial charge >= 0.3 is 5.97 Å². The Labute approximate surface area is 111 Å². The summed E-state index contributed by atoms with van der Waals surface area (Å²) in [5.41, 5.74) is 2.83. The first kappa shape index (κ1) is 15.1. The Bertz CT molecular complexity index is 381. The Morgan fingerprint density at radius 1 is 1.67 bits per heavy atom. The summed E-state index contributed by atoms with van der Waals surface area (Å²) >= 11 is 1.60. The predicted molar refractivity (Wildman–Crippen MR) is 70.4 cm³/mol. The number of nitrogens with zero attached hydrogens (tertiary/aromatic N) is 2. The van der Waals surface area contributed by atoms with Crippen LogP contribution in [0, 0.1) is 6.92 Å². The number of aromatic nitrogens is 1. The van der Waals surface area contributed by atoms with Crippen molar-refractivity contribution in [2.24, 2.45) is 0 Å². The van der Waals surface area contributed by atoms with Crippen molar-refractivity contribution in [1.82, 2.24) is 9.88 Å². The van der Waals surface area contributed by atoms with Gasteiger partial charge in [-0.15, -0.1) is 11.3 Å². The third kappa shape index (κ3) is 5.12. The lowest BCUT2D eigenvalue weighted by Gasteiger charge is -2.19. The van der Waals surface area contributed by atoms with Crippen LogP contribution in [-0.2, 0) is 16.1 Å². The van der Waals surface area contributed by atoms with Gasteiger partial charge in [0.1, 0.15) is 0 Å². The third-order valence-corrected chi connectivity index (χ3v) is 3.41. The van der Waals surface area contributed by atoms with Gasteiger partial charge in [0.05, 0.1) is 30.3 Å². The molecule has 0 saturated heterocycles. The van der Waals surface area contributed by atoms with E-state index in [0.717, 1.165) is 12.2 Å². The number of aliphatic hydroxyl groups is 1. The van der Waals surface area contributed by atoms with E-state index in [1.54, 1.807) is 18.3 Å². The minimum absolute atomic E-state index is 0.0415. The minimum atomic E-state index is -0.692. The molecule has 0 radical (unpaired) electrons. The van der Waals surface area contributed by atoms with Gasteiger partial charge in [-0.05, 0) is 20.9 Å². The van der Waals surface area contributed by atoms with Crippen molar-refractivity contribution in [2.75, 3.05) is 20.2 Å². The van der Waals surface area contributed by atoms with E-state index in [9.17, 15) is 9.90 Å². The maximum absolute atomic E-state index is 11.2. The number of thiazole rings is 1. The van der Waals surface area contributed by atoms with Crippen LogP contribution in [0.5, 0.6) is 0 Å². The van der Waals surface area contributed by atoms with Crippen LogP contribution >= 0.6 is 11.3 Å². The van der Waals surface area contributed by atoms with E-state index >= 15 is 0 Å². The molecule has 1 aromatic heterocycles. The summed E-state index contributed by atoms with van der Waals surface area (Å²) in [6, 6.07) is 0. The lowest BCUT2D eigenvalue weighted by Crippen LogP contribution is -2.30. The Balaban J connectivity index is 2.33. The Hall–Kier alpha value is -0.980. The molecule has 0 fully saturated rings. The van der Waals surface area contributed by atoms with Crippen molar-refractivity contribution in [3.05, 3.63) is 16.1 Å². The number of carbonyl (C=O) groups excluding carboxylic acids is 1. The summed E-state index contributed by atoms with van der Waals surface area (Å²) in [7, 11) is 1.91. The van der Waals surface area contributed by atoms with Gasteiger partial charge in [-0.2, -0.15) is 0 Å². The van der Waals surface area contributed by atoms with Crippen molar-refractivity contribution in [3.63, 3.8) is 0 Å². The molecular formula is C12H20N2O3S. The van der Waals surface area contributed by atoms with Gasteiger partial charge in [0.2, 0.25) is 0 Å². The molecule has 0 aliphatic rings. The second kappa shape index (κ2) is 7.45. The van der Waals surface area contributed by atoms with Crippen LogP contribution in [0.3, 0.4) is 0 Å². The smallest absolute Gasteiger partial charge is 0.308 e. The molecule has 0 amide bonds. The molecule has 0 bridgehead atoms. The van der Waals surface area contributed by atoms with Crippen LogP contribution < -0.4 is 0 Å². The first-order valence-electron chi connectivity index (χ1n) is 5.94. The largest absolute Gasteiger partial charge is 0.466 e. The average Bonchev–Trinajstić information content (AvgIpc) is 2.64. The monoisotopic (exact) mass is 272 g/mol. The van der Waals surface area contributed by atoms with Gasteiger partial charge in [-0.25, -0.2) is 4.98 Å². The Morgan fingerprint density at radius 3 is 2.94 bits per heavy atom. The molecule has 5 nitrogen and oxygen atoms in total. The number of aliphatic hydroxyl groups excluding tert-OH is 1. The number of carbonyl (C=O) groups is 1. The lowest BCUT2D eigenvalue weighted by molar-refractivity contribution is -0.145. The van der Waals surface area contributed by atoms with E-state index in [-0.39, 0.29) is 12.4 Å². The molecule has 0 aliphatic heterocycles. The van der Waals surface area contributed by atoms with E-state index in [2.05, 4.69) is 4.98 Å². The van der Waals surface area contributed by atoms with Crippen molar-refractivity contribution in [2.45, 2.75) is 32.9 Å². The van der Waals surface area contributed by atoms with Gasteiger partial charge in [-0.1, -0.05) is 0 Å². The van der Waals surface area contributed by atoms with E-state index in [0.29, 0.717) is 13.2 Å². The van der Waals surface area contributed by atoms with Crippen LogP contribution in [-0.4, -0.2) is 47.3 Å². The molecule has 1 rings (SSSR count). The second-order valence-electron chi connectivity index (χ2n) is 4.22. The highest BCUT2D eigenvalue weighted by Crippen LogP contribution is 2.14. The summed E-state index contributed by atoms with van der Waals surface area (Å²) < 4.78 is 4.79. The number of ether oxygens (including phenoxy) is 1. The topological polar surface area (TPSA) is 62.7 Å². The number of aryl methyl sites for hydroxylation is 1. The summed E-state index contributed by atoms with van der Waals surface area (Å²) in [6.07, 6.45) is -0.651. The zero-order chi connectivity index (χ0) is 13.5. The van der Waals surface area contributed by atoms with Crippen LogP contribution in [0.1, 0.15) is 23.9 Å². The maximum Gasteiger partial charge on any atom is 0.308 e. The predicted octanol–water partition coefficient (Wildman–Crippen LogP) is 1.20. The molecule has 18 heavy (non-hydrogen) atoms. The van der Waals surface area contributed by atoms with E-state index in [4.69, 9.17) is 4.74 Å². The quantitative estimate of drug-likeness (QED) is 0.756. The third-order valence-electron chi connectivity index (χ3n) is 2.49. The van der Waals surface area contributed by atoms with Crippen LogP contribution in [0.15, 0.2) is 5.51 Å². The van der Waals surface area contributed by atoms with Crippen molar-refractivity contribution in [3.8, 4) is 0 Å². The zero-order valence-electron chi connectivity index (χ0n) is 11.0. The second-order valence-corrected chi connectivity index (χ2v) is 5.16. The highest BCUT2D eigenvalue weighted by atomic mass is 32.1. The lowest BCUT2D eigenvalue weighted by atomic mass is 10.2. The molecule has 1 atom stereocenters.